The molecule has 3 rings (SSSR count). The van der Waals surface area contributed by atoms with Crippen LogP contribution in [0, 0.1) is 0 Å². The lowest BCUT2D eigenvalue weighted by atomic mass is 10.3. The molecular weight excluding hydrogens is 304 g/mol. The van der Waals surface area contributed by atoms with Gasteiger partial charge in [-0.15, -0.1) is 0 Å². The van der Waals surface area contributed by atoms with Gasteiger partial charge in [-0.1, -0.05) is 0 Å². The summed E-state index contributed by atoms with van der Waals surface area (Å²) in [6.45, 7) is -0.310. The van der Waals surface area contributed by atoms with Gasteiger partial charge >= 0.3 is 5.97 Å². The Hall–Kier alpha value is -3.29. The first-order valence-electron chi connectivity index (χ1n) is 6.67. The highest BCUT2D eigenvalue weighted by Gasteiger charge is 2.15. The molecule has 2 aromatic rings. The zero-order valence-electron chi connectivity index (χ0n) is 11.8. The molecule has 0 spiro atoms. The maximum Gasteiger partial charge on any atom is 0.340 e. The number of nitrogens with one attached hydrogen (secondary N) is 2. The molecule has 1 amide bonds. The Morgan fingerprint density at radius 3 is 2.78 bits per heavy atom. The maximum atomic E-state index is 11.8. The molecule has 0 radical (unpaired) electrons. The minimum absolute atomic E-state index is 0.142. The molecule has 1 aromatic carbocycles. The number of rotatable bonds is 4. The third kappa shape index (κ3) is 3.49. The van der Waals surface area contributed by atoms with E-state index in [0.717, 1.165) is 0 Å². The van der Waals surface area contributed by atoms with Gasteiger partial charge in [-0.3, -0.25) is 9.59 Å². The topological polar surface area (TPSA) is 107 Å². The smallest absolute Gasteiger partial charge is 0.340 e. The van der Waals surface area contributed by atoms with Crippen molar-refractivity contribution >= 4 is 17.6 Å². The van der Waals surface area contributed by atoms with Crippen LogP contribution in [0.15, 0.2) is 41.3 Å². The highest BCUT2D eigenvalue weighted by molar-refractivity contribution is 5.95. The average molecular weight is 316 g/mol. The zero-order chi connectivity index (χ0) is 16.2. The average Bonchev–Trinajstić information content (AvgIpc) is 3.01. The molecule has 1 aromatic heterocycles. The summed E-state index contributed by atoms with van der Waals surface area (Å²) in [4.78, 5) is 36.7. The van der Waals surface area contributed by atoms with Gasteiger partial charge in [0.2, 0.25) is 12.4 Å². The van der Waals surface area contributed by atoms with Gasteiger partial charge in [0.25, 0.3) is 5.91 Å². The molecule has 1 aliphatic rings. The standard InChI is InChI=1S/C15H12N2O6/c18-13-4-1-9(6-16-13)15(20)21-7-14(19)17-10-2-3-11-12(5-10)23-8-22-11/h1-6H,7-8H2,(H,16,18)(H,17,19). The first-order chi connectivity index (χ1) is 11.1. The Labute approximate surface area is 130 Å². The molecule has 1 aliphatic heterocycles. The molecule has 0 unspecified atom stereocenters. The van der Waals surface area contributed by atoms with E-state index in [4.69, 9.17) is 14.2 Å². The quantitative estimate of drug-likeness (QED) is 0.812. The van der Waals surface area contributed by atoms with Crippen LogP contribution in [0.4, 0.5) is 5.69 Å². The van der Waals surface area contributed by atoms with E-state index in [0.29, 0.717) is 17.2 Å². The third-order valence-electron chi connectivity index (χ3n) is 3.01. The highest BCUT2D eigenvalue weighted by atomic mass is 16.7. The number of aromatic amines is 1. The van der Waals surface area contributed by atoms with Gasteiger partial charge in [0, 0.05) is 24.0 Å². The van der Waals surface area contributed by atoms with Crippen LogP contribution in [0.3, 0.4) is 0 Å². The molecule has 23 heavy (non-hydrogen) atoms. The van der Waals surface area contributed by atoms with E-state index in [1.165, 1.54) is 18.3 Å². The summed E-state index contributed by atoms with van der Waals surface area (Å²) in [7, 11) is 0. The van der Waals surface area contributed by atoms with Crippen LogP contribution < -0.4 is 20.3 Å². The summed E-state index contributed by atoms with van der Waals surface area (Å²) >= 11 is 0. The second-order valence-electron chi connectivity index (χ2n) is 4.63. The van der Waals surface area contributed by atoms with Gasteiger partial charge in [-0.05, 0) is 18.2 Å². The summed E-state index contributed by atoms with van der Waals surface area (Å²) < 4.78 is 15.2. The number of pyridine rings is 1. The summed E-state index contributed by atoms with van der Waals surface area (Å²) in [6.07, 6.45) is 1.22. The van der Waals surface area contributed by atoms with E-state index in [9.17, 15) is 14.4 Å². The molecule has 0 aliphatic carbocycles. The summed E-state index contributed by atoms with van der Waals surface area (Å²) in [5.41, 5.74) is 0.321. The van der Waals surface area contributed by atoms with Crippen LogP contribution in [-0.2, 0) is 9.53 Å². The Balaban J connectivity index is 1.54. The van der Waals surface area contributed by atoms with Crippen molar-refractivity contribution in [1.29, 1.82) is 0 Å². The van der Waals surface area contributed by atoms with Gasteiger partial charge in [0.05, 0.1) is 5.56 Å². The van der Waals surface area contributed by atoms with Crippen molar-refractivity contribution in [3.8, 4) is 11.5 Å². The monoisotopic (exact) mass is 316 g/mol. The first kappa shape index (κ1) is 14.6. The van der Waals surface area contributed by atoms with Crippen molar-refractivity contribution in [1.82, 2.24) is 4.98 Å². The van der Waals surface area contributed by atoms with Gasteiger partial charge in [0.1, 0.15) is 0 Å². The molecule has 0 atom stereocenters. The Morgan fingerprint density at radius 2 is 2.00 bits per heavy atom. The van der Waals surface area contributed by atoms with Crippen molar-refractivity contribution in [3.05, 3.63) is 52.4 Å². The molecule has 118 valence electrons. The third-order valence-corrected chi connectivity index (χ3v) is 3.01. The largest absolute Gasteiger partial charge is 0.454 e. The number of aromatic nitrogens is 1. The zero-order valence-corrected chi connectivity index (χ0v) is 11.8. The van der Waals surface area contributed by atoms with E-state index in [1.54, 1.807) is 18.2 Å². The predicted molar refractivity (Wildman–Crippen MR) is 78.5 cm³/mol. The van der Waals surface area contributed by atoms with Gasteiger partial charge in [-0.25, -0.2) is 4.79 Å². The van der Waals surface area contributed by atoms with E-state index < -0.39 is 18.5 Å². The molecule has 0 saturated carbocycles. The van der Waals surface area contributed by atoms with Crippen LogP contribution in [-0.4, -0.2) is 30.3 Å². The second-order valence-corrected chi connectivity index (χ2v) is 4.63. The van der Waals surface area contributed by atoms with Crippen LogP contribution in [0.1, 0.15) is 10.4 Å². The molecule has 2 heterocycles. The van der Waals surface area contributed by atoms with E-state index in [1.807, 2.05) is 0 Å². The number of fused-ring (bicyclic) bond motifs is 1. The number of hydrogen-bond donors (Lipinski definition) is 2. The number of benzene rings is 1. The molecule has 8 heteroatoms. The molecular formula is C15H12N2O6. The fourth-order valence-corrected chi connectivity index (χ4v) is 1.92. The fraction of sp³-hybridized carbons (Fsp3) is 0.133. The van der Waals surface area contributed by atoms with E-state index in [-0.39, 0.29) is 17.9 Å². The summed E-state index contributed by atoms with van der Waals surface area (Å²) in [5, 5.41) is 2.58. The second kappa shape index (κ2) is 6.22. The van der Waals surface area contributed by atoms with Crippen molar-refractivity contribution in [2.45, 2.75) is 0 Å². The maximum absolute atomic E-state index is 11.8. The van der Waals surface area contributed by atoms with Crippen LogP contribution in [0.2, 0.25) is 0 Å². The first-order valence-corrected chi connectivity index (χ1v) is 6.67. The number of hydrogen-bond acceptors (Lipinski definition) is 6. The lowest BCUT2D eigenvalue weighted by Crippen LogP contribution is -2.21. The van der Waals surface area contributed by atoms with Gasteiger partial charge in [-0.2, -0.15) is 0 Å². The van der Waals surface area contributed by atoms with Gasteiger partial charge in [0.15, 0.2) is 18.1 Å². The van der Waals surface area contributed by atoms with Crippen molar-refractivity contribution in [3.63, 3.8) is 0 Å². The number of H-pyrrole nitrogens is 1. The molecule has 0 bridgehead atoms. The van der Waals surface area contributed by atoms with Crippen molar-refractivity contribution in [2.75, 3.05) is 18.7 Å². The normalized spacial score (nSPS) is 11.8. The number of carbonyl (C=O) groups excluding carboxylic acids is 2. The number of amides is 1. The molecule has 2 N–H and O–H groups in total. The molecule has 0 fully saturated rings. The van der Waals surface area contributed by atoms with Gasteiger partial charge < -0.3 is 24.5 Å². The molecule has 0 saturated heterocycles. The number of anilines is 1. The number of ether oxygens (including phenoxy) is 3. The van der Waals surface area contributed by atoms with Crippen molar-refractivity contribution < 1.29 is 23.8 Å². The lowest BCUT2D eigenvalue weighted by Gasteiger charge is -2.07. The predicted octanol–water partition coefficient (Wildman–Crippen LogP) is 0.899. The minimum atomic E-state index is -0.706. The van der Waals surface area contributed by atoms with Crippen molar-refractivity contribution in [2.24, 2.45) is 0 Å². The summed E-state index contributed by atoms with van der Waals surface area (Å²) in [5.74, 6) is -0.0655. The Bertz CT molecular complexity index is 793. The van der Waals surface area contributed by atoms with E-state index in [2.05, 4.69) is 10.3 Å². The summed E-state index contributed by atoms with van der Waals surface area (Å²) in [6, 6.07) is 7.45. The van der Waals surface area contributed by atoms with Crippen LogP contribution in [0.5, 0.6) is 11.5 Å². The minimum Gasteiger partial charge on any atom is -0.454 e. The van der Waals surface area contributed by atoms with Crippen LogP contribution in [0.25, 0.3) is 0 Å². The number of esters is 1. The Morgan fingerprint density at radius 1 is 1.17 bits per heavy atom. The van der Waals surface area contributed by atoms with E-state index >= 15 is 0 Å². The Kier molecular flexibility index (Phi) is 3.96. The highest BCUT2D eigenvalue weighted by Crippen LogP contribution is 2.34. The molecule has 8 nitrogen and oxygen atoms in total. The van der Waals surface area contributed by atoms with Crippen LogP contribution >= 0.6 is 0 Å². The lowest BCUT2D eigenvalue weighted by molar-refractivity contribution is -0.119. The fourth-order valence-electron chi connectivity index (χ4n) is 1.92. The number of carbonyl (C=O) groups is 2. The SMILES string of the molecule is O=C(COC(=O)c1ccc(=O)[nH]c1)Nc1ccc2c(c1)OCO2.